The van der Waals surface area contributed by atoms with E-state index in [0.29, 0.717) is 30.2 Å². The third-order valence-electron chi connectivity index (χ3n) is 6.94. The van der Waals surface area contributed by atoms with E-state index in [9.17, 15) is 9.59 Å². The zero-order chi connectivity index (χ0) is 25.5. The fourth-order valence-corrected chi connectivity index (χ4v) is 4.83. The molecule has 5 aromatic rings. The normalized spacial score (nSPS) is 14.5. The fourth-order valence-electron chi connectivity index (χ4n) is 4.83. The minimum atomic E-state index is -0.238. The van der Waals surface area contributed by atoms with Gasteiger partial charge in [-0.25, -0.2) is 4.98 Å². The highest BCUT2D eigenvalue weighted by atomic mass is 32.1. The molecule has 0 saturated carbocycles. The van der Waals surface area contributed by atoms with Crippen LogP contribution in [0.25, 0.3) is 33.3 Å². The van der Waals surface area contributed by atoms with E-state index in [-0.39, 0.29) is 31.0 Å². The van der Waals surface area contributed by atoms with Gasteiger partial charge in [0.25, 0.3) is 5.56 Å². The number of rotatable bonds is 5. The Morgan fingerprint density at radius 3 is 2.58 bits per heavy atom. The Morgan fingerprint density at radius 1 is 0.974 bits per heavy atom. The van der Waals surface area contributed by atoms with E-state index in [1.165, 1.54) is 0 Å². The molecule has 3 aromatic heterocycles. The number of para-hydroxylation sites is 1. The Labute approximate surface area is 226 Å². The molecule has 1 aliphatic heterocycles. The van der Waals surface area contributed by atoms with Crippen molar-refractivity contribution in [2.45, 2.75) is 13.0 Å². The lowest BCUT2D eigenvalue weighted by Crippen LogP contribution is -2.48. The molecule has 0 aliphatic carbocycles. The molecule has 0 radical (unpaired) electrons. The first-order valence-electron chi connectivity index (χ1n) is 12.3. The molecule has 1 aliphatic rings. The first-order valence-corrected chi connectivity index (χ1v) is 12.3. The summed E-state index contributed by atoms with van der Waals surface area (Å²) in [6.45, 7) is 3.80. The van der Waals surface area contributed by atoms with Crippen LogP contribution in [0.1, 0.15) is 18.7 Å². The van der Waals surface area contributed by atoms with Gasteiger partial charge in [-0.2, -0.15) is 13.5 Å². The van der Waals surface area contributed by atoms with Gasteiger partial charge in [0, 0.05) is 37.4 Å². The highest BCUT2D eigenvalue weighted by Crippen LogP contribution is 2.33. The topological polar surface area (TPSA) is 110 Å². The molecule has 0 bridgehead atoms. The number of nitrogens with zero attached hydrogens (tertiary/aromatic N) is 4. The van der Waals surface area contributed by atoms with E-state index in [0.717, 1.165) is 39.9 Å². The van der Waals surface area contributed by atoms with E-state index >= 15 is 0 Å². The van der Waals surface area contributed by atoms with Crippen LogP contribution in [0, 0.1) is 0 Å². The van der Waals surface area contributed by atoms with Crippen LogP contribution < -0.4 is 15.8 Å². The minimum absolute atomic E-state index is 0. The van der Waals surface area contributed by atoms with Crippen LogP contribution in [0.2, 0.25) is 0 Å². The first kappa shape index (κ1) is 25.3. The molecule has 9 nitrogen and oxygen atoms in total. The highest BCUT2D eigenvalue weighted by Gasteiger charge is 2.23. The van der Waals surface area contributed by atoms with Gasteiger partial charge < -0.3 is 25.1 Å². The molecular weight excluding hydrogens is 498 g/mol. The van der Waals surface area contributed by atoms with Gasteiger partial charge in [-0.15, -0.1) is 0 Å². The molecule has 1 fully saturated rings. The zero-order valence-corrected chi connectivity index (χ0v) is 22.2. The van der Waals surface area contributed by atoms with Gasteiger partial charge in [0.1, 0.15) is 11.4 Å². The van der Waals surface area contributed by atoms with Crippen molar-refractivity contribution in [2.75, 3.05) is 36.9 Å². The summed E-state index contributed by atoms with van der Waals surface area (Å²) in [4.78, 5) is 45.1. The van der Waals surface area contributed by atoms with Crippen LogP contribution in [0.3, 0.4) is 0 Å². The molecule has 2 aromatic carbocycles. The van der Waals surface area contributed by atoms with Crippen molar-refractivity contribution in [1.29, 1.82) is 0 Å². The van der Waals surface area contributed by atoms with Crippen LogP contribution in [-0.4, -0.2) is 57.4 Å². The van der Waals surface area contributed by atoms with Crippen molar-refractivity contribution in [2.24, 2.45) is 0 Å². The zero-order valence-electron chi connectivity index (χ0n) is 21.2. The summed E-state index contributed by atoms with van der Waals surface area (Å²) in [6, 6.07) is 19.2. The second-order valence-electron chi connectivity index (χ2n) is 9.39. The average molecular weight is 528 g/mol. The summed E-state index contributed by atoms with van der Waals surface area (Å²) in [5.74, 6) is 0.571. The molecule has 1 atom stereocenters. The number of carbonyl (C=O) groups excluding carboxylic acids is 1. The maximum atomic E-state index is 13.4. The van der Waals surface area contributed by atoms with Gasteiger partial charge in [0.15, 0.2) is 0 Å². The minimum Gasteiger partial charge on any atom is -0.376 e. The Bertz CT molecular complexity index is 1680. The van der Waals surface area contributed by atoms with Gasteiger partial charge in [0.05, 0.1) is 40.5 Å². The van der Waals surface area contributed by atoms with Gasteiger partial charge in [0.2, 0.25) is 5.91 Å². The number of H-pyrrole nitrogens is 2. The number of likely N-dealkylation sites (N-methyl/N-ethyl adjacent to an activating group) is 1. The lowest BCUT2D eigenvalue weighted by Gasteiger charge is -2.33. The van der Waals surface area contributed by atoms with Gasteiger partial charge in [-0.3, -0.25) is 14.6 Å². The molecule has 6 rings (SSSR count). The third-order valence-corrected chi connectivity index (χ3v) is 6.94. The Morgan fingerprint density at radius 2 is 1.79 bits per heavy atom. The lowest BCUT2D eigenvalue weighted by atomic mass is 10.1. The molecule has 10 heteroatoms. The molecule has 4 heterocycles. The van der Waals surface area contributed by atoms with E-state index in [1.54, 1.807) is 11.1 Å². The maximum Gasteiger partial charge on any atom is 0.261 e. The number of imidazole rings is 1. The molecule has 194 valence electrons. The number of nitrogens with one attached hydrogen (secondary N) is 3. The Kier molecular flexibility index (Phi) is 6.81. The quantitative estimate of drug-likeness (QED) is 0.318. The number of carbonyl (C=O) groups is 1. The number of anilines is 2. The van der Waals surface area contributed by atoms with E-state index in [4.69, 9.17) is 4.98 Å². The standard InChI is InChI=1S/C28H27N7O2.H2S/c1-17(20-8-5-6-12-29-20)30-26-19-7-3-4-9-21(19)33-28(37)25(26)27-31-22-11-10-18(15-23(22)32-27)35-14-13-34(2)24(36)16-35;/h3-12,15,17H,13-14,16H2,1-2H3,(H,31,32)(H2,30,33,37);1H2/t17-;/m0./s1. The number of piperazine rings is 1. The SMILES string of the molecule is C[C@H](Nc1c(-c2nc3ccc(N4CCN(C)C(=O)C4)cc3[nH]2)c(=O)[nH]c2ccccc12)c1ccccn1.S. The highest BCUT2D eigenvalue weighted by molar-refractivity contribution is 7.59. The van der Waals surface area contributed by atoms with E-state index in [1.807, 2.05) is 74.6 Å². The van der Waals surface area contributed by atoms with Crippen molar-refractivity contribution in [3.8, 4) is 11.4 Å². The van der Waals surface area contributed by atoms with Crippen molar-refractivity contribution in [3.05, 3.63) is 82.9 Å². The van der Waals surface area contributed by atoms with Crippen LogP contribution in [-0.2, 0) is 4.79 Å². The van der Waals surface area contributed by atoms with E-state index in [2.05, 4.69) is 25.2 Å². The number of hydrogen-bond donors (Lipinski definition) is 3. The summed E-state index contributed by atoms with van der Waals surface area (Å²) in [5.41, 5.74) is 5.00. The number of hydrogen-bond acceptors (Lipinski definition) is 6. The van der Waals surface area contributed by atoms with Crippen LogP contribution in [0.4, 0.5) is 11.4 Å². The predicted molar refractivity (Wildman–Crippen MR) is 156 cm³/mol. The number of benzene rings is 2. The Hall–Kier alpha value is -4.31. The summed E-state index contributed by atoms with van der Waals surface area (Å²) in [7, 11) is 1.82. The van der Waals surface area contributed by atoms with Crippen molar-refractivity contribution >= 4 is 52.7 Å². The van der Waals surface area contributed by atoms with Crippen LogP contribution in [0.15, 0.2) is 71.7 Å². The Balaban J connectivity index is 0.00000294. The van der Waals surface area contributed by atoms with Crippen LogP contribution in [0.5, 0.6) is 0 Å². The van der Waals surface area contributed by atoms with Crippen molar-refractivity contribution in [1.82, 2.24) is 24.8 Å². The summed E-state index contributed by atoms with van der Waals surface area (Å²) >= 11 is 0. The molecule has 1 saturated heterocycles. The number of aromatic nitrogens is 4. The summed E-state index contributed by atoms with van der Waals surface area (Å²) in [6.07, 6.45) is 1.76. The van der Waals surface area contributed by atoms with Gasteiger partial charge >= 0.3 is 0 Å². The van der Waals surface area contributed by atoms with Gasteiger partial charge in [-0.1, -0.05) is 24.3 Å². The number of pyridine rings is 2. The molecule has 38 heavy (non-hydrogen) atoms. The second kappa shape index (κ2) is 10.2. The summed E-state index contributed by atoms with van der Waals surface area (Å²) in [5, 5.41) is 4.42. The molecule has 0 spiro atoms. The monoisotopic (exact) mass is 527 g/mol. The smallest absolute Gasteiger partial charge is 0.261 e. The van der Waals surface area contributed by atoms with Crippen molar-refractivity contribution in [3.63, 3.8) is 0 Å². The van der Waals surface area contributed by atoms with Gasteiger partial charge in [-0.05, 0) is 43.3 Å². The van der Waals surface area contributed by atoms with E-state index < -0.39 is 0 Å². The lowest BCUT2D eigenvalue weighted by molar-refractivity contribution is -0.129. The molecular formula is C28H29N7O2S. The maximum absolute atomic E-state index is 13.4. The second-order valence-corrected chi connectivity index (χ2v) is 9.39. The summed E-state index contributed by atoms with van der Waals surface area (Å²) < 4.78 is 0. The van der Waals surface area contributed by atoms with Crippen LogP contribution >= 0.6 is 13.5 Å². The largest absolute Gasteiger partial charge is 0.376 e. The fraction of sp³-hybridized carbons (Fsp3) is 0.214. The number of aromatic amines is 2. The third kappa shape index (κ3) is 4.58. The predicted octanol–water partition coefficient (Wildman–Crippen LogP) is 4.03. The first-order chi connectivity index (χ1) is 18.0. The van der Waals surface area contributed by atoms with Crippen molar-refractivity contribution < 1.29 is 4.79 Å². The number of fused-ring (bicyclic) bond motifs is 2. The molecule has 3 N–H and O–H groups in total. The number of amides is 1. The molecule has 1 amide bonds. The molecule has 0 unspecified atom stereocenters. The average Bonchev–Trinajstić information content (AvgIpc) is 3.33.